The number of rotatable bonds is 5. The Bertz CT molecular complexity index is 1170. The van der Waals surface area contributed by atoms with Gasteiger partial charge in [0.25, 0.3) is 11.8 Å². The second kappa shape index (κ2) is 8.87. The van der Waals surface area contributed by atoms with Crippen LogP contribution in [0.4, 0.5) is 4.39 Å². The van der Waals surface area contributed by atoms with Gasteiger partial charge in [-0.05, 0) is 29.0 Å². The molecule has 1 atom stereocenters. The van der Waals surface area contributed by atoms with Gasteiger partial charge in [0.05, 0.1) is 6.54 Å². The molecule has 1 saturated heterocycles. The van der Waals surface area contributed by atoms with Crippen LogP contribution in [-0.4, -0.2) is 57.1 Å². The summed E-state index contributed by atoms with van der Waals surface area (Å²) in [6, 6.07) is 5.64. The number of hydrogen-bond acceptors (Lipinski definition) is 5. The Morgan fingerprint density at radius 3 is 2.53 bits per heavy atom. The molecule has 182 valence electrons. The molecule has 1 fully saturated rings. The summed E-state index contributed by atoms with van der Waals surface area (Å²) >= 11 is 0. The van der Waals surface area contributed by atoms with Gasteiger partial charge >= 0.3 is 0 Å². The Hall–Kier alpha value is -3.20. The molecule has 2 aliphatic rings. The highest BCUT2D eigenvalue weighted by Crippen LogP contribution is 2.34. The third kappa shape index (κ3) is 4.57. The van der Waals surface area contributed by atoms with E-state index in [0.29, 0.717) is 24.6 Å². The minimum Gasteiger partial charge on any atom is -0.503 e. The lowest BCUT2D eigenvalue weighted by atomic mass is 9.87. The number of carbonyl (C=O) groups excluding carboxylic acids is 2. The van der Waals surface area contributed by atoms with Gasteiger partial charge in [0.1, 0.15) is 17.5 Å². The summed E-state index contributed by atoms with van der Waals surface area (Å²) in [7, 11) is 0. The van der Waals surface area contributed by atoms with Crippen molar-refractivity contribution in [3.63, 3.8) is 0 Å². The topological polar surface area (TPSA) is 94.9 Å². The molecule has 9 heteroatoms. The maximum atomic E-state index is 13.4. The maximum absolute atomic E-state index is 13.4. The van der Waals surface area contributed by atoms with Crippen LogP contribution in [-0.2, 0) is 13.1 Å². The lowest BCUT2D eigenvalue weighted by Crippen LogP contribution is -2.65. The third-order valence-corrected chi connectivity index (χ3v) is 6.30. The average molecular weight is 471 g/mol. The molecule has 2 aromatic rings. The van der Waals surface area contributed by atoms with Crippen molar-refractivity contribution in [1.82, 2.24) is 19.7 Å². The first-order valence-corrected chi connectivity index (χ1v) is 11.5. The highest BCUT2D eigenvalue weighted by Gasteiger charge is 2.45. The van der Waals surface area contributed by atoms with Crippen molar-refractivity contribution in [1.29, 1.82) is 0 Å². The van der Waals surface area contributed by atoms with Crippen LogP contribution >= 0.6 is 0 Å². The molecule has 1 unspecified atom stereocenters. The fraction of sp³-hybridized carbons (Fsp3) is 0.480. The van der Waals surface area contributed by atoms with E-state index in [2.05, 4.69) is 37.9 Å². The van der Waals surface area contributed by atoms with Gasteiger partial charge in [-0.1, -0.05) is 39.8 Å². The normalized spacial score (nSPS) is 19.6. The molecule has 0 spiro atoms. The molecule has 8 nitrogen and oxygen atoms in total. The van der Waals surface area contributed by atoms with Crippen LogP contribution in [0, 0.1) is 17.2 Å². The molecule has 1 aromatic heterocycles. The quantitative estimate of drug-likeness (QED) is 0.700. The summed E-state index contributed by atoms with van der Waals surface area (Å²) in [5, 5.41) is 13.3. The van der Waals surface area contributed by atoms with Crippen LogP contribution in [0.25, 0.3) is 0 Å². The van der Waals surface area contributed by atoms with Crippen LogP contribution in [0.15, 0.2) is 35.3 Å². The van der Waals surface area contributed by atoms with E-state index in [1.54, 1.807) is 4.90 Å². The van der Waals surface area contributed by atoms with E-state index in [-0.39, 0.29) is 35.2 Å². The summed E-state index contributed by atoms with van der Waals surface area (Å²) in [6.07, 6.45) is 1.13. The number of pyridine rings is 1. The lowest BCUT2D eigenvalue weighted by Gasteiger charge is -2.53. The van der Waals surface area contributed by atoms with Crippen molar-refractivity contribution >= 4 is 11.8 Å². The van der Waals surface area contributed by atoms with Crippen LogP contribution < -0.4 is 10.7 Å². The van der Waals surface area contributed by atoms with Gasteiger partial charge in [0.2, 0.25) is 5.43 Å². The van der Waals surface area contributed by atoms with Crippen molar-refractivity contribution in [2.24, 2.45) is 11.3 Å². The van der Waals surface area contributed by atoms with Gasteiger partial charge in [-0.3, -0.25) is 19.3 Å². The first kappa shape index (κ1) is 23.9. The zero-order valence-corrected chi connectivity index (χ0v) is 20.0. The minimum atomic E-state index is -0.884. The molecule has 2 amide bonds. The molecule has 2 aliphatic heterocycles. The minimum absolute atomic E-state index is 0.0847. The monoisotopic (exact) mass is 470 g/mol. The van der Waals surface area contributed by atoms with E-state index in [9.17, 15) is 23.9 Å². The standard InChI is InChI=1S/C25H31FN4O4/c1-15(2)10-29-13-25(3,4)14-30-19(29)12-28-11-18(21(31)22(32)20(28)24(30)34)23(33)27-9-16-5-7-17(26)8-6-16/h5-8,11,15,19,32H,9-10,12-14H2,1-4H3,(H,27,33). The van der Waals surface area contributed by atoms with E-state index in [0.717, 1.165) is 13.1 Å². The van der Waals surface area contributed by atoms with Crippen LogP contribution in [0.2, 0.25) is 0 Å². The van der Waals surface area contributed by atoms with E-state index >= 15 is 0 Å². The Morgan fingerprint density at radius 1 is 1.21 bits per heavy atom. The zero-order chi connectivity index (χ0) is 24.8. The van der Waals surface area contributed by atoms with Gasteiger partial charge < -0.3 is 19.9 Å². The summed E-state index contributed by atoms with van der Waals surface area (Å²) < 4.78 is 14.6. The van der Waals surface area contributed by atoms with E-state index in [1.165, 1.54) is 35.0 Å². The number of nitrogens with one attached hydrogen (secondary N) is 1. The number of carbonyl (C=O) groups is 2. The molecule has 3 heterocycles. The summed E-state index contributed by atoms with van der Waals surface area (Å²) in [5.41, 5.74) is -0.684. The van der Waals surface area contributed by atoms with Crippen molar-refractivity contribution < 1.29 is 19.1 Å². The molecule has 0 aliphatic carbocycles. The van der Waals surface area contributed by atoms with Crippen LogP contribution in [0.3, 0.4) is 0 Å². The zero-order valence-electron chi connectivity index (χ0n) is 20.0. The van der Waals surface area contributed by atoms with Crippen LogP contribution in [0.5, 0.6) is 5.75 Å². The van der Waals surface area contributed by atoms with E-state index < -0.39 is 23.0 Å². The number of nitrogens with zero attached hydrogens (tertiary/aromatic N) is 3. The van der Waals surface area contributed by atoms with Gasteiger partial charge in [-0.25, -0.2) is 4.39 Å². The number of aromatic nitrogens is 1. The molecule has 4 rings (SSSR count). The number of fused-ring (bicyclic) bond motifs is 2. The van der Waals surface area contributed by atoms with Crippen molar-refractivity contribution in [2.75, 3.05) is 19.6 Å². The number of aromatic hydroxyl groups is 1. The summed E-state index contributed by atoms with van der Waals surface area (Å²) in [4.78, 5) is 43.0. The highest BCUT2D eigenvalue weighted by molar-refractivity contribution is 5.99. The van der Waals surface area contributed by atoms with Gasteiger partial charge in [-0.2, -0.15) is 0 Å². The Morgan fingerprint density at radius 2 is 1.88 bits per heavy atom. The average Bonchev–Trinajstić information content (AvgIpc) is 2.75. The molecular weight excluding hydrogens is 439 g/mol. The fourth-order valence-electron chi connectivity index (χ4n) is 4.92. The molecule has 34 heavy (non-hydrogen) atoms. The lowest BCUT2D eigenvalue weighted by molar-refractivity contribution is -0.0579. The van der Waals surface area contributed by atoms with E-state index in [4.69, 9.17) is 0 Å². The molecular formula is C25H31FN4O4. The van der Waals surface area contributed by atoms with Gasteiger partial charge in [-0.15, -0.1) is 0 Å². The molecule has 0 radical (unpaired) electrons. The SMILES string of the molecule is CC(C)CN1CC(C)(C)CN2C(=O)c3c(O)c(=O)c(C(=O)NCc4ccc(F)cc4)cn3CC12. The third-order valence-electron chi connectivity index (χ3n) is 6.30. The van der Waals surface area contributed by atoms with Crippen LogP contribution in [0.1, 0.15) is 54.1 Å². The number of halogens is 1. The summed E-state index contributed by atoms with van der Waals surface area (Å²) in [6.45, 7) is 11.0. The Kier molecular flexibility index (Phi) is 6.24. The number of amides is 2. The Balaban J connectivity index is 1.65. The predicted molar refractivity (Wildman–Crippen MR) is 125 cm³/mol. The first-order valence-electron chi connectivity index (χ1n) is 11.5. The molecule has 0 saturated carbocycles. The highest BCUT2D eigenvalue weighted by atomic mass is 19.1. The molecule has 1 aromatic carbocycles. The number of hydrogen-bond donors (Lipinski definition) is 2. The smallest absolute Gasteiger partial charge is 0.275 e. The largest absolute Gasteiger partial charge is 0.503 e. The second-order valence-electron chi connectivity index (χ2n) is 10.4. The van der Waals surface area contributed by atoms with Gasteiger partial charge in [0, 0.05) is 32.4 Å². The van der Waals surface area contributed by atoms with E-state index in [1.807, 2.05) is 0 Å². The van der Waals surface area contributed by atoms with Gasteiger partial charge in [0.15, 0.2) is 11.4 Å². The number of benzene rings is 1. The van der Waals surface area contributed by atoms with Crippen molar-refractivity contribution in [3.05, 3.63) is 63.3 Å². The van der Waals surface area contributed by atoms with Crippen molar-refractivity contribution in [3.8, 4) is 5.75 Å². The van der Waals surface area contributed by atoms with Crippen molar-refractivity contribution in [2.45, 2.75) is 47.0 Å². The molecule has 2 N–H and O–H groups in total. The fourth-order valence-corrected chi connectivity index (χ4v) is 4.92. The summed E-state index contributed by atoms with van der Waals surface area (Å²) in [5.74, 6) is -1.78. The second-order valence-corrected chi connectivity index (χ2v) is 10.4. The Labute approximate surface area is 198 Å². The maximum Gasteiger partial charge on any atom is 0.275 e. The molecule has 0 bridgehead atoms. The predicted octanol–water partition coefficient (Wildman–Crippen LogP) is 2.40. The first-order chi connectivity index (χ1) is 16.0.